The Hall–Kier alpha value is -2.67. The maximum Gasteiger partial charge on any atom is 0.269 e. The summed E-state index contributed by atoms with van der Waals surface area (Å²) in [7, 11) is 0. The first-order valence-electron chi connectivity index (χ1n) is 6.78. The molecule has 2 rings (SSSR count). The molecule has 1 heterocycles. The number of carbonyl (C=O) groups is 1. The Kier molecular flexibility index (Phi) is 5.26. The Balaban J connectivity index is 1.78. The molecule has 1 aromatic heterocycles. The molecule has 0 fully saturated rings. The molecule has 2 N–H and O–H groups in total. The van der Waals surface area contributed by atoms with Gasteiger partial charge in [0.05, 0.1) is 17.7 Å². The molecule has 0 saturated carbocycles. The van der Waals surface area contributed by atoms with E-state index in [2.05, 4.69) is 5.32 Å². The third-order valence-electron chi connectivity index (χ3n) is 3.13. The molecule has 116 valence electrons. The van der Waals surface area contributed by atoms with Crippen LogP contribution in [0, 0.1) is 10.1 Å². The van der Waals surface area contributed by atoms with Gasteiger partial charge in [-0.25, -0.2) is 0 Å². The van der Waals surface area contributed by atoms with E-state index in [1.54, 1.807) is 24.3 Å². The maximum absolute atomic E-state index is 11.7. The summed E-state index contributed by atoms with van der Waals surface area (Å²) in [5.74, 6) is 0.149. The van der Waals surface area contributed by atoms with Crippen molar-refractivity contribution in [1.29, 1.82) is 0 Å². The molecule has 7 nitrogen and oxygen atoms in total. The van der Waals surface area contributed by atoms with Crippen molar-refractivity contribution in [2.75, 3.05) is 6.54 Å². The lowest BCUT2D eigenvalue weighted by molar-refractivity contribution is -0.384. The van der Waals surface area contributed by atoms with Gasteiger partial charge in [-0.05, 0) is 24.1 Å². The van der Waals surface area contributed by atoms with Crippen LogP contribution in [0.3, 0.4) is 0 Å². The van der Waals surface area contributed by atoms with Crippen LogP contribution in [-0.4, -0.2) is 22.5 Å². The molecule has 7 heteroatoms. The largest absolute Gasteiger partial charge is 0.467 e. The van der Waals surface area contributed by atoms with Crippen molar-refractivity contribution < 1.29 is 19.2 Å². The number of amides is 1. The van der Waals surface area contributed by atoms with Crippen LogP contribution in [0.2, 0.25) is 0 Å². The van der Waals surface area contributed by atoms with E-state index in [4.69, 9.17) is 4.42 Å². The minimum absolute atomic E-state index is 0.00569. The standard InChI is InChI=1S/C15H16N2O5/c18-13(14-5-2-8-22-14)10-16-15(19)7-6-11-3-1-4-12(9-11)17(20)21/h1-5,8-9,13,18H,6-7,10H2,(H,16,19). The molecule has 0 radical (unpaired) electrons. The van der Waals surface area contributed by atoms with Crippen LogP contribution in [0.15, 0.2) is 47.1 Å². The fourth-order valence-corrected chi connectivity index (χ4v) is 1.96. The van der Waals surface area contributed by atoms with E-state index in [9.17, 15) is 20.0 Å². The SMILES string of the molecule is O=C(CCc1cccc([N+](=O)[O-])c1)NCC(O)c1ccco1. The van der Waals surface area contributed by atoms with Crippen LogP contribution >= 0.6 is 0 Å². The Morgan fingerprint density at radius 3 is 2.86 bits per heavy atom. The van der Waals surface area contributed by atoms with E-state index < -0.39 is 11.0 Å². The molecular formula is C15H16N2O5. The molecule has 1 aromatic carbocycles. The number of hydrogen-bond donors (Lipinski definition) is 2. The van der Waals surface area contributed by atoms with Gasteiger partial charge in [-0.3, -0.25) is 14.9 Å². The summed E-state index contributed by atoms with van der Waals surface area (Å²) >= 11 is 0. The van der Waals surface area contributed by atoms with Gasteiger partial charge in [0.15, 0.2) is 0 Å². The Labute approximate surface area is 126 Å². The van der Waals surface area contributed by atoms with Crippen LogP contribution in [0.1, 0.15) is 23.8 Å². The van der Waals surface area contributed by atoms with Crippen LogP contribution < -0.4 is 5.32 Å². The van der Waals surface area contributed by atoms with Crippen molar-refractivity contribution in [1.82, 2.24) is 5.32 Å². The number of furan rings is 1. The minimum atomic E-state index is -0.892. The molecular weight excluding hydrogens is 288 g/mol. The summed E-state index contributed by atoms with van der Waals surface area (Å²) in [6.07, 6.45) is 1.13. The average molecular weight is 304 g/mol. The highest BCUT2D eigenvalue weighted by atomic mass is 16.6. The van der Waals surface area contributed by atoms with Crippen molar-refractivity contribution in [3.63, 3.8) is 0 Å². The molecule has 0 bridgehead atoms. The van der Waals surface area contributed by atoms with Crippen LogP contribution in [-0.2, 0) is 11.2 Å². The summed E-state index contributed by atoms with van der Waals surface area (Å²) in [5, 5.41) is 23.0. The molecule has 1 unspecified atom stereocenters. The Morgan fingerprint density at radius 1 is 1.36 bits per heavy atom. The predicted octanol–water partition coefficient (Wildman–Crippen LogP) is 1.97. The normalized spacial score (nSPS) is 11.9. The molecule has 0 spiro atoms. The van der Waals surface area contributed by atoms with Crippen molar-refractivity contribution in [3.8, 4) is 0 Å². The molecule has 22 heavy (non-hydrogen) atoms. The monoisotopic (exact) mass is 304 g/mol. The van der Waals surface area contributed by atoms with E-state index in [1.165, 1.54) is 18.4 Å². The zero-order valence-corrected chi connectivity index (χ0v) is 11.8. The van der Waals surface area contributed by atoms with Gasteiger partial charge in [0, 0.05) is 18.6 Å². The second kappa shape index (κ2) is 7.37. The van der Waals surface area contributed by atoms with E-state index in [1.807, 2.05) is 0 Å². The summed E-state index contributed by atoms with van der Waals surface area (Å²) < 4.78 is 5.03. The summed E-state index contributed by atoms with van der Waals surface area (Å²) in [4.78, 5) is 21.9. The minimum Gasteiger partial charge on any atom is -0.467 e. The highest BCUT2D eigenvalue weighted by Gasteiger charge is 2.12. The van der Waals surface area contributed by atoms with Gasteiger partial charge < -0.3 is 14.8 Å². The van der Waals surface area contributed by atoms with Gasteiger partial charge in [-0.15, -0.1) is 0 Å². The number of hydrogen-bond acceptors (Lipinski definition) is 5. The van der Waals surface area contributed by atoms with Crippen LogP contribution in [0.4, 0.5) is 5.69 Å². The first-order valence-corrected chi connectivity index (χ1v) is 6.78. The van der Waals surface area contributed by atoms with E-state index in [0.29, 0.717) is 12.2 Å². The molecule has 0 aliphatic heterocycles. The first-order chi connectivity index (χ1) is 10.6. The number of carbonyl (C=O) groups excluding carboxylic acids is 1. The number of nitro benzene ring substituents is 1. The van der Waals surface area contributed by atoms with Gasteiger partial charge in [0.2, 0.25) is 5.91 Å². The topological polar surface area (TPSA) is 106 Å². The summed E-state index contributed by atoms with van der Waals surface area (Å²) in [5.41, 5.74) is 0.724. The van der Waals surface area contributed by atoms with Crippen molar-refractivity contribution in [2.45, 2.75) is 18.9 Å². The fourth-order valence-electron chi connectivity index (χ4n) is 1.96. The smallest absolute Gasteiger partial charge is 0.269 e. The number of aliphatic hydroxyl groups excluding tert-OH is 1. The first kappa shape index (κ1) is 15.7. The number of nitrogens with one attached hydrogen (secondary N) is 1. The molecule has 2 aromatic rings. The van der Waals surface area contributed by atoms with Gasteiger partial charge >= 0.3 is 0 Å². The van der Waals surface area contributed by atoms with E-state index >= 15 is 0 Å². The Bertz CT molecular complexity index is 639. The molecule has 1 atom stereocenters. The van der Waals surface area contributed by atoms with Crippen molar-refractivity contribution in [2.24, 2.45) is 0 Å². The van der Waals surface area contributed by atoms with Crippen LogP contribution in [0.25, 0.3) is 0 Å². The Morgan fingerprint density at radius 2 is 2.18 bits per heavy atom. The van der Waals surface area contributed by atoms with Gasteiger partial charge in [0.1, 0.15) is 11.9 Å². The quantitative estimate of drug-likeness (QED) is 0.601. The van der Waals surface area contributed by atoms with Gasteiger partial charge in [-0.2, -0.15) is 0 Å². The zero-order chi connectivity index (χ0) is 15.9. The second-order valence-electron chi connectivity index (χ2n) is 4.76. The van der Waals surface area contributed by atoms with E-state index in [-0.39, 0.29) is 24.6 Å². The zero-order valence-electron chi connectivity index (χ0n) is 11.8. The molecule has 0 saturated heterocycles. The number of rotatable bonds is 7. The molecule has 0 aliphatic carbocycles. The summed E-state index contributed by atoms with van der Waals surface area (Å²) in [6, 6.07) is 9.46. The van der Waals surface area contributed by atoms with Gasteiger partial charge in [-0.1, -0.05) is 12.1 Å². The van der Waals surface area contributed by atoms with Crippen molar-refractivity contribution in [3.05, 3.63) is 64.1 Å². The number of benzene rings is 1. The third kappa shape index (κ3) is 4.42. The maximum atomic E-state index is 11.7. The van der Waals surface area contributed by atoms with E-state index in [0.717, 1.165) is 5.56 Å². The lowest BCUT2D eigenvalue weighted by atomic mass is 10.1. The third-order valence-corrected chi connectivity index (χ3v) is 3.13. The van der Waals surface area contributed by atoms with Gasteiger partial charge in [0.25, 0.3) is 5.69 Å². The molecule has 0 aliphatic rings. The lowest BCUT2D eigenvalue weighted by Crippen LogP contribution is -2.28. The van der Waals surface area contributed by atoms with Crippen LogP contribution in [0.5, 0.6) is 0 Å². The average Bonchev–Trinajstić information content (AvgIpc) is 3.05. The second-order valence-corrected chi connectivity index (χ2v) is 4.76. The highest BCUT2D eigenvalue weighted by molar-refractivity contribution is 5.76. The highest BCUT2D eigenvalue weighted by Crippen LogP contribution is 2.15. The lowest BCUT2D eigenvalue weighted by Gasteiger charge is -2.09. The number of aliphatic hydroxyl groups is 1. The number of nitro groups is 1. The summed E-state index contributed by atoms with van der Waals surface area (Å²) in [6.45, 7) is 0.0568. The number of non-ortho nitro benzene ring substituents is 1. The molecule has 1 amide bonds. The predicted molar refractivity (Wildman–Crippen MR) is 78.1 cm³/mol. The fraction of sp³-hybridized carbons (Fsp3) is 0.267. The van der Waals surface area contributed by atoms with Crippen molar-refractivity contribution >= 4 is 11.6 Å². The number of aryl methyl sites for hydroxylation is 1. The number of nitrogens with zero attached hydrogens (tertiary/aromatic N) is 1.